The fourth-order valence-corrected chi connectivity index (χ4v) is 2.75. The average Bonchev–Trinajstić information content (AvgIpc) is 2.89. The largest absolute Gasteiger partial charge is 1.00 e. The minimum Gasteiger partial charge on any atom is -1.00 e. The molecule has 0 fully saturated rings. The Morgan fingerprint density at radius 1 is 0.377 bits per heavy atom. The Labute approximate surface area is 274 Å². The second kappa shape index (κ2) is 26.4. The van der Waals surface area contributed by atoms with Crippen LogP contribution in [0.2, 0.25) is 0 Å². The van der Waals surface area contributed by atoms with Crippen LogP contribution in [-0.2, 0) is 12.4 Å². The molecule has 0 aliphatic heterocycles. The Kier molecular flexibility index (Phi) is 35.0. The van der Waals surface area contributed by atoms with Crippen LogP contribution in [0, 0.1) is 58.2 Å². The molecule has 0 spiro atoms. The van der Waals surface area contributed by atoms with Crippen molar-refractivity contribution in [1.29, 1.82) is 0 Å². The molecule has 0 saturated heterocycles. The van der Waals surface area contributed by atoms with Crippen LogP contribution in [0.3, 0.4) is 0 Å². The number of hydrogen-bond donors (Lipinski definition) is 0. The SMILES string of the molecule is Fc1c(F)c(F)c(-c2c(F)c(F)c(F)c(F)c2F)c(F)c1F.[F-].[F-].[F-].[F-].[F-].[F-].[F-].[F-].[F-].[O-]B([O-])Oc1cc(C(F)(F)F)cc(C(F)(F)F)c1.[O-]B([O-])[O-]. The van der Waals surface area contributed by atoms with Crippen molar-refractivity contribution in [1.82, 2.24) is 0 Å². The number of alkyl halides is 6. The quantitative estimate of drug-likeness (QED) is 0.112. The average molecular weight is 836 g/mol. The Hall–Kier alpha value is -4.36. The van der Waals surface area contributed by atoms with Crippen molar-refractivity contribution in [3.63, 3.8) is 0 Å². The lowest BCUT2D eigenvalue weighted by Crippen LogP contribution is -3.00. The second-order valence-corrected chi connectivity index (χ2v) is 7.33. The zero-order valence-electron chi connectivity index (χ0n) is 23.3. The van der Waals surface area contributed by atoms with E-state index >= 15 is 0 Å². The highest BCUT2D eigenvalue weighted by Gasteiger charge is 2.37. The lowest BCUT2D eigenvalue weighted by Gasteiger charge is -2.35. The van der Waals surface area contributed by atoms with Gasteiger partial charge in [-0.05, 0) is 18.2 Å². The molecule has 0 amide bonds. The molecule has 0 bridgehead atoms. The van der Waals surface area contributed by atoms with Crippen LogP contribution in [-0.4, -0.2) is 14.6 Å². The predicted octanol–water partition coefficient (Wildman–Crippen LogP) is -25.4. The molecule has 6 nitrogen and oxygen atoms in total. The molecule has 0 radical (unpaired) electrons. The van der Waals surface area contributed by atoms with Crippen molar-refractivity contribution in [2.75, 3.05) is 0 Å². The van der Waals surface area contributed by atoms with E-state index < -0.39 is 113 Å². The van der Waals surface area contributed by atoms with Crippen LogP contribution in [0.1, 0.15) is 11.1 Å². The van der Waals surface area contributed by atoms with Crippen LogP contribution >= 0.6 is 0 Å². The Morgan fingerprint density at radius 2 is 0.566 bits per heavy atom. The molecule has 33 heteroatoms. The van der Waals surface area contributed by atoms with Crippen LogP contribution in [0.25, 0.3) is 11.1 Å². The summed E-state index contributed by atoms with van der Waals surface area (Å²) in [6.07, 6.45) is -10.1. The summed E-state index contributed by atoms with van der Waals surface area (Å²) in [4.78, 5) is 0. The van der Waals surface area contributed by atoms with E-state index in [4.69, 9.17) is 15.1 Å². The lowest BCUT2D eigenvalue weighted by molar-refractivity contribution is -0.479. The number of halogens is 25. The summed E-state index contributed by atoms with van der Waals surface area (Å²) in [6, 6.07) is 0.160. The first-order chi connectivity index (χ1) is 19.8. The maximum atomic E-state index is 13.4. The van der Waals surface area contributed by atoms with Gasteiger partial charge in [0.25, 0.3) is 0 Å². The van der Waals surface area contributed by atoms with E-state index in [2.05, 4.69) is 4.65 Å². The molecule has 0 saturated carbocycles. The third-order valence-corrected chi connectivity index (χ3v) is 4.46. The third-order valence-electron chi connectivity index (χ3n) is 4.46. The highest BCUT2D eigenvalue weighted by Crippen LogP contribution is 2.39. The van der Waals surface area contributed by atoms with Gasteiger partial charge < -0.3 is 72.1 Å². The maximum Gasteiger partial charge on any atom is 0.416 e. The number of benzene rings is 3. The van der Waals surface area contributed by atoms with E-state index in [-0.39, 0.29) is 60.5 Å². The highest BCUT2D eigenvalue weighted by molar-refractivity contribution is 6.29. The van der Waals surface area contributed by atoms with Crippen molar-refractivity contribution in [3.8, 4) is 16.9 Å². The molecule has 314 valence electrons. The predicted molar refractivity (Wildman–Crippen MR) is 100 cm³/mol. The minimum atomic E-state index is -5.05. The standard InChI is InChI=1S/C12F10.C8H3BF6O3.BO3.9FH/c13-3-1(4(14)8(18)11(21)7(3)17)2-5(15)9(19)12(22)10(20)6(2)16;10-7(11,12)4-1-5(8(13,14)15)3-6(2-4)18-9(16)17;2-1(3)4;;;;;;;;;/h;1-3H;;9*1H/q;-2;-3;;;;;;;;;/p-9. The first-order valence-corrected chi connectivity index (χ1v) is 10.1. The van der Waals surface area contributed by atoms with Gasteiger partial charge in [0, 0.05) is 0 Å². The van der Waals surface area contributed by atoms with Crippen molar-refractivity contribution in [3.05, 3.63) is 87.5 Å². The molecule has 0 atom stereocenters. The summed E-state index contributed by atoms with van der Waals surface area (Å²) < 4.78 is 209. The molecule has 3 rings (SSSR count). The summed E-state index contributed by atoms with van der Waals surface area (Å²) in [7, 11) is -5.94. The van der Waals surface area contributed by atoms with Gasteiger partial charge in [-0.25, -0.2) is 43.9 Å². The molecular weight excluding hydrogens is 833 g/mol. The Morgan fingerprint density at radius 3 is 0.736 bits per heavy atom. The van der Waals surface area contributed by atoms with E-state index in [0.717, 1.165) is 0 Å². The van der Waals surface area contributed by atoms with Crippen molar-refractivity contribution >= 4 is 14.6 Å². The highest BCUT2D eigenvalue weighted by atomic mass is 19.4. The van der Waals surface area contributed by atoms with Gasteiger partial charge in [0.05, 0.1) is 28.0 Å². The van der Waals surface area contributed by atoms with Crippen molar-refractivity contribution in [2.45, 2.75) is 12.4 Å². The molecule has 0 aliphatic carbocycles. The van der Waals surface area contributed by atoms with Gasteiger partial charge in [0.15, 0.2) is 46.5 Å². The zero-order valence-corrected chi connectivity index (χ0v) is 23.3. The smallest absolute Gasteiger partial charge is 0.416 e. The van der Waals surface area contributed by atoms with E-state index in [1.807, 2.05) is 0 Å². The van der Waals surface area contributed by atoms with Gasteiger partial charge in [-0.15, -0.1) is 0 Å². The summed E-state index contributed by atoms with van der Waals surface area (Å²) in [6.45, 7) is 0. The molecule has 3 aromatic carbocycles. The van der Waals surface area contributed by atoms with Crippen molar-refractivity contribution in [2.24, 2.45) is 0 Å². The summed E-state index contributed by atoms with van der Waals surface area (Å²) in [5.74, 6) is -27.7. The molecule has 0 N–H and O–H groups in total. The third kappa shape index (κ3) is 17.3. The van der Waals surface area contributed by atoms with Crippen LogP contribution < -0.4 is 72.1 Å². The zero-order chi connectivity index (χ0) is 34.6. The van der Waals surface area contributed by atoms with Crippen LogP contribution in [0.5, 0.6) is 5.75 Å². The molecule has 3 aromatic rings. The molecule has 0 aliphatic rings. The van der Waals surface area contributed by atoms with Crippen LogP contribution in [0.4, 0.5) is 70.2 Å². The van der Waals surface area contributed by atoms with Gasteiger partial charge in [-0.3, -0.25) is 7.32 Å². The van der Waals surface area contributed by atoms with Gasteiger partial charge in [-0.1, -0.05) is 0 Å². The van der Waals surface area contributed by atoms with Gasteiger partial charge >= 0.3 is 12.4 Å². The normalized spacial score (nSPS) is 9.38. The summed E-state index contributed by atoms with van der Waals surface area (Å²) in [5.41, 5.74) is -7.84. The first-order valence-electron chi connectivity index (χ1n) is 10.1. The second-order valence-electron chi connectivity index (χ2n) is 7.33. The maximum absolute atomic E-state index is 13.4. The topological polar surface area (TPSA) is 125 Å². The lowest BCUT2D eigenvalue weighted by atomic mass is 10.0. The van der Waals surface area contributed by atoms with E-state index in [9.17, 15) is 80.3 Å². The first kappa shape index (κ1) is 70.3. The van der Waals surface area contributed by atoms with E-state index in [0.29, 0.717) is 0 Å². The minimum absolute atomic E-state index is 0. The molecule has 0 unspecified atom stereocenters. The van der Waals surface area contributed by atoms with Crippen LogP contribution in [0.15, 0.2) is 18.2 Å². The molecular formula is C20H3B2F25O6-14. The fourth-order valence-electron chi connectivity index (χ4n) is 2.75. The van der Waals surface area contributed by atoms with Crippen molar-refractivity contribution < 1.29 is 142 Å². The fraction of sp³-hybridized carbons (Fsp3) is 0.100. The summed E-state index contributed by atoms with van der Waals surface area (Å²) >= 11 is 0. The number of hydrogen-bond acceptors (Lipinski definition) is 6. The number of rotatable bonds is 3. The Balaban J connectivity index is -0.0000000828. The molecule has 0 heterocycles. The summed E-state index contributed by atoms with van der Waals surface area (Å²) in [5, 5.41) is 45.4. The van der Waals surface area contributed by atoms with Gasteiger partial charge in [0.2, 0.25) is 11.6 Å². The van der Waals surface area contributed by atoms with Gasteiger partial charge in [0.1, 0.15) is 7.32 Å². The van der Waals surface area contributed by atoms with E-state index in [1.165, 1.54) is 0 Å². The molecule has 0 aromatic heterocycles. The Bertz CT molecular complexity index is 1350. The monoisotopic (exact) mass is 836 g/mol. The van der Waals surface area contributed by atoms with Gasteiger partial charge in [-0.2, -0.15) is 26.3 Å². The van der Waals surface area contributed by atoms with E-state index in [1.54, 1.807) is 0 Å². The molecule has 53 heavy (non-hydrogen) atoms.